The van der Waals surface area contributed by atoms with Crippen molar-refractivity contribution in [3.05, 3.63) is 29.8 Å². The van der Waals surface area contributed by atoms with E-state index in [0.29, 0.717) is 30.9 Å². The van der Waals surface area contributed by atoms with Gasteiger partial charge in [-0.3, -0.25) is 4.79 Å². The third-order valence-corrected chi connectivity index (χ3v) is 2.02. The molecule has 0 spiro atoms. The van der Waals surface area contributed by atoms with Crippen LogP contribution in [0.1, 0.15) is 30.1 Å². The predicted octanol–water partition coefficient (Wildman–Crippen LogP) is 2.01. The molecule has 3 nitrogen and oxygen atoms in total. The van der Waals surface area contributed by atoms with Crippen LogP contribution in [0.3, 0.4) is 0 Å². The average molecular weight is 207 g/mol. The largest absolute Gasteiger partial charge is 0.493 e. The van der Waals surface area contributed by atoms with Gasteiger partial charge in [-0.25, -0.2) is 0 Å². The fourth-order valence-electron chi connectivity index (χ4n) is 1.30. The van der Waals surface area contributed by atoms with Crippen molar-refractivity contribution in [3.63, 3.8) is 0 Å². The lowest BCUT2D eigenvalue weighted by Crippen LogP contribution is -2.10. The van der Waals surface area contributed by atoms with Gasteiger partial charge in [-0.1, -0.05) is 19.1 Å². The highest BCUT2D eigenvalue weighted by Gasteiger charge is 2.10. The molecule has 82 valence electrons. The van der Waals surface area contributed by atoms with E-state index in [0.717, 1.165) is 6.42 Å². The monoisotopic (exact) mass is 207 g/mol. The minimum absolute atomic E-state index is 0.0456. The zero-order valence-electron chi connectivity index (χ0n) is 9.03. The Morgan fingerprint density at radius 3 is 2.80 bits per heavy atom. The Labute approximate surface area is 90.2 Å². The molecule has 1 aromatic rings. The summed E-state index contributed by atoms with van der Waals surface area (Å²) in [6.45, 7) is 3.04. The first-order valence-electron chi connectivity index (χ1n) is 5.24. The molecule has 0 aliphatic carbocycles. The van der Waals surface area contributed by atoms with Gasteiger partial charge in [0.25, 0.3) is 0 Å². The Morgan fingerprint density at radius 1 is 1.40 bits per heavy atom. The number of ether oxygens (including phenoxy) is 1. The van der Waals surface area contributed by atoms with E-state index < -0.39 is 0 Å². The van der Waals surface area contributed by atoms with E-state index in [-0.39, 0.29) is 5.78 Å². The summed E-state index contributed by atoms with van der Waals surface area (Å²) in [5.41, 5.74) is 5.99. The van der Waals surface area contributed by atoms with Gasteiger partial charge in [-0.05, 0) is 25.1 Å². The molecular formula is C12H17NO2. The Kier molecular flexibility index (Phi) is 4.84. The van der Waals surface area contributed by atoms with Gasteiger partial charge < -0.3 is 10.5 Å². The van der Waals surface area contributed by atoms with Crippen LogP contribution >= 0.6 is 0 Å². The summed E-state index contributed by atoms with van der Waals surface area (Å²) in [6, 6.07) is 7.30. The number of Topliss-reactive ketones (excluding diaryl/α,β-unsaturated/α-hetero) is 1. The van der Waals surface area contributed by atoms with Crippen LogP contribution in [0, 0.1) is 0 Å². The third kappa shape index (κ3) is 3.36. The standard InChI is InChI=1S/C12H17NO2/c1-2-9-15-12-6-4-3-5-10(12)11(14)7-8-13/h3-6H,2,7-9,13H2,1H3. The minimum atomic E-state index is 0.0456. The van der Waals surface area contributed by atoms with E-state index in [1.54, 1.807) is 6.07 Å². The number of ketones is 1. The molecule has 0 atom stereocenters. The third-order valence-electron chi connectivity index (χ3n) is 2.02. The number of rotatable bonds is 6. The Morgan fingerprint density at radius 2 is 2.13 bits per heavy atom. The molecular weight excluding hydrogens is 190 g/mol. The molecule has 0 aliphatic heterocycles. The van der Waals surface area contributed by atoms with E-state index in [4.69, 9.17) is 10.5 Å². The average Bonchev–Trinajstić information content (AvgIpc) is 2.27. The summed E-state index contributed by atoms with van der Waals surface area (Å²) in [4.78, 5) is 11.7. The summed E-state index contributed by atoms with van der Waals surface area (Å²) in [5.74, 6) is 0.710. The first-order chi connectivity index (χ1) is 7.29. The highest BCUT2D eigenvalue weighted by atomic mass is 16.5. The van der Waals surface area contributed by atoms with E-state index in [9.17, 15) is 4.79 Å². The van der Waals surface area contributed by atoms with Crippen LogP contribution in [0.4, 0.5) is 0 Å². The molecule has 0 aromatic heterocycles. The molecule has 0 bridgehead atoms. The van der Waals surface area contributed by atoms with Crippen LogP contribution in [0.25, 0.3) is 0 Å². The number of nitrogens with two attached hydrogens (primary N) is 1. The number of benzene rings is 1. The molecule has 3 heteroatoms. The van der Waals surface area contributed by atoms with Gasteiger partial charge in [0.2, 0.25) is 0 Å². The number of carbonyl (C=O) groups excluding carboxylic acids is 1. The lowest BCUT2D eigenvalue weighted by Gasteiger charge is -2.09. The van der Waals surface area contributed by atoms with Gasteiger partial charge in [0.15, 0.2) is 5.78 Å². The van der Waals surface area contributed by atoms with Gasteiger partial charge in [0, 0.05) is 6.42 Å². The maximum atomic E-state index is 11.7. The molecule has 2 N–H and O–H groups in total. The van der Waals surface area contributed by atoms with E-state index in [2.05, 4.69) is 0 Å². The summed E-state index contributed by atoms with van der Waals surface area (Å²) in [5, 5.41) is 0. The van der Waals surface area contributed by atoms with Gasteiger partial charge in [0.1, 0.15) is 5.75 Å². The molecule has 0 fully saturated rings. The maximum absolute atomic E-state index is 11.7. The molecule has 0 heterocycles. The van der Waals surface area contributed by atoms with Crippen LogP contribution in [-0.2, 0) is 0 Å². The van der Waals surface area contributed by atoms with E-state index >= 15 is 0 Å². The van der Waals surface area contributed by atoms with Crippen molar-refractivity contribution in [1.82, 2.24) is 0 Å². The summed E-state index contributed by atoms with van der Waals surface area (Å²) < 4.78 is 5.49. The molecule has 0 saturated heterocycles. The zero-order valence-corrected chi connectivity index (χ0v) is 9.03. The highest BCUT2D eigenvalue weighted by Crippen LogP contribution is 2.19. The van der Waals surface area contributed by atoms with Crippen molar-refractivity contribution in [3.8, 4) is 5.75 Å². The second-order valence-corrected chi connectivity index (χ2v) is 3.31. The van der Waals surface area contributed by atoms with E-state index in [1.165, 1.54) is 0 Å². The lowest BCUT2D eigenvalue weighted by molar-refractivity contribution is 0.0981. The Balaban J connectivity index is 2.80. The molecule has 0 unspecified atom stereocenters. The fourth-order valence-corrected chi connectivity index (χ4v) is 1.30. The topological polar surface area (TPSA) is 52.3 Å². The zero-order chi connectivity index (χ0) is 11.1. The van der Waals surface area contributed by atoms with Crippen molar-refractivity contribution in [2.24, 2.45) is 5.73 Å². The summed E-state index contributed by atoms with van der Waals surface area (Å²) in [7, 11) is 0. The van der Waals surface area contributed by atoms with Crippen LogP contribution in [0.2, 0.25) is 0 Å². The van der Waals surface area contributed by atoms with Crippen molar-refractivity contribution in [2.75, 3.05) is 13.2 Å². The Hall–Kier alpha value is -1.35. The summed E-state index contributed by atoms with van der Waals surface area (Å²) >= 11 is 0. The second kappa shape index (κ2) is 6.19. The summed E-state index contributed by atoms with van der Waals surface area (Å²) in [6.07, 6.45) is 1.30. The van der Waals surface area contributed by atoms with Gasteiger partial charge in [-0.2, -0.15) is 0 Å². The molecule has 1 aromatic carbocycles. The van der Waals surface area contributed by atoms with E-state index in [1.807, 2.05) is 25.1 Å². The van der Waals surface area contributed by atoms with Gasteiger partial charge in [0.05, 0.1) is 12.2 Å². The van der Waals surface area contributed by atoms with Crippen molar-refractivity contribution in [2.45, 2.75) is 19.8 Å². The molecule has 0 aliphatic rings. The minimum Gasteiger partial charge on any atom is -0.493 e. The van der Waals surface area contributed by atoms with Gasteiger partial charge in [-0.15, -0.1) is 0 Å². The van der Waals surface area contributed by atoms with Crippen LogP contribution in [-0.4, -0.2) is 18.9 Å². The van der Waals surface area contributed by atoms with Crippen LogP contribution in [0.5, 0.6) is 5.75 Å². The fraction of sp³-hybridized carbons (Fsp3) is 0.417. The number of carbonyl (C=O) groups is 1. The number of hydrogen-bond donors (Lipinski definition) is 1. The number of para-hydroxylation sites is 1. The first-order valence-corrected chi connectivity index (χ1v) is 5.24. The van der Waals surface area contributed by atoms with Crippen molar-refractivity contribution < 1.29 is 9.53 Å². The highest BCUT2D eigenvalue weighted by molar-refractivity contribution is 5.98. The molecule has 0 amide bonds. The molecule has 15 heavy (non-hydrogen) atoms. The smallest absolute Gasteiger partial charge is 0.167 e. The van der Waals surface area contributed by atoms with Crippen LogP contribution in [0.15, 0.2) is 24.3 Å². The maximum Gasteiger partial charge on any atom is 0.167 e. The SMILES string of the molecule is CCCOc1ccccc1C(=O)CCN. The molecule has 0 radical (unpaired) electrons. The first kappa shape index (κ1) is 11.7. The molecule has 1 rings (SSSR count). The molecule has 0 saturated carbocycles. The van der Waals surface area contributed by atoms with Crippen molar-refractivity contribution >= 4 is 5.78 Å². The lowest BCUT2D eigenvalue weighted by atomic mass is 10.1. The Bertz CT molecular complexity index is 323. The van der Waals surface area contributed by atoms with Crippen molar-refractivity contribution in [1.29, 1.82) is 0 Å². The predicted molar refractivity (Wildman–Crippen MR) is 60.2 cm³/mol. The second-order valence-electron chi connectivity index (χ2n) is 3.31. The quantitative estimate of drug-likeness (QED) is 0.726. The number of hydrogen-bond acceptors (Lipinski definition) is 3. The van der Waals surface area contributed by atoms with Crippen LogP contribution < -0.4 is 10.5 Å². The normalized spacial score (nSPS) is 10.0. The van der Waals surface area contributed by atoms with Gasteiger partial charge >= 0.3 is 0 Å².